The zero-order chi connectivity index (χ0) is 41.4. The molecule has 0 saturated carbocycles. The highest BCUT2D eigenvalue weighted by Gasteiger charge is 2.20. The average Bonchev–Trinajstić information content (AvgIpc) is 4.03. The number of rotatable bonds is 6. The molecule has 0 spiro atoms. The zero-order valence-electron chi connectivity index (χ0n) is 33.7. The second-order valence-corrected chi connectivity index (χ2v) is 16.0. The lowest BCUT2D eigenvalue weighted by atomic mass is 9.98. The third kappa shape index (κ3) is 5.76. The summed E-state index contributed by atoms with van der Waals surface area (Å²) in [5.74, 6) is 1.82. The molecule has 0 N–H and O–H groups in total. The quantitative estimate of drug-likeness (QED) is 0.167. The van der Waals surface area contributed by atoms with Crippen molar-refractivity contribution in [2.75, 3.05) is 0 Å². The lowest BCUT2D eigenvalue weighted by Crippen LogP contribution is -2.00. The maximum absolute atomic E-state index is 6.54. The van der Waals surface area contributed by atoms with Crippen LogP contribution in [0.25, 0.3) is 128 Å². The molecule has 0 saturated heterocycles. The summed E-state index contributed by atoms with van der Waals surface area (Å²) in [6, 6.07) is 71.7. The Morgan fingerprint density at radius 2 is 0.762 bits per heavy atom. The van der Waals surface area contributed by atoms with Crippen LogP contribution in [0.2, 0.25) is 0 Å². The van der Waals surface area contributed by atoms with Crippen LogP contribution in [0.15, 0.2) is 215 Å². The SMILES string of the molecule is c1ccc(-c2nc(-c3ccccc3)nc(-c3cccc4oc5ccc(-c6ccc7c(c6)c6cc(-c8ccc9oc%10ccccc%10c9c8)ccc6n7-c6ccccc6)cc5c34)n2)cc1. The molecule has 0 atom stereocenters. The van der Waals surface area contributed by atoms with Crippen molar-refractivity contribution in [2.24, 2.45) is 0 Å². The molecular formula is C57H34N4O2. The molecule has 13 rings (SSSR count). The van der Waals surface area contributed by atoms with Crippen molar-refractivity contribution in [3.63, 3.8) is 0 Å². The summed E-state index contributed by atoms with van der Waals surface area (Å²) >= 11 is 0. The summed E-state index contributed by atoms with van der Waals surface area (Å²) in [6.45, 7) is 0. The summed E-state index contributed by atoms with van der Waals surface area (Å²) in [6.07, 6.45) is 0. The van der Waals surface area contributed by atoms with Crippen LogP contribution < -0.4 is 0 Å². The largest absolute Gasteiger partial charge is 0.456 e. The molecule has 63 heavy (non-hydrogen) atoms. The van der Waals surface area contributed by atoms with E-state index in [4.69, 9.17) is 23.8 Å². The average molecular weight is 807 g/mol. The first kappa shape index (κ1) is 35.2. The molecule has 6 heteroatoms. The number of hydrogen-bond donors (Lipinski definition) is 0. The van der Waals surface area contributed by atoms with Crippen molar-refractivity contribution < 1.29 is 8.83 Å². The van der Waals surface area contributed by atoms with Gasteiger partial charge in [-0.2, -0.15) is 0 Å². The van der Waals surface area contributed by atoms with Crippen LogP contribution in [0, 0.1) is 0 Å². The number of benzene rings is 9. The molecule has 9 aromatic carbocycles. The number of furan rings is 2. The van der Waals surface area contributed by atoms with Gasteiger partial charge in [-0.05, 0) is 95.1 Å². The van der Waals surface area contributed by atoms with Gasteiger partial charge in [0, 0.05) is 54.7 Å². The smallest absolute Gasteiger partial charge is 0.164 e. The van der Waals surface area contributed by atoms with Gasteiger partial charge in [0.2, 0.25) is 0 Å². The van der Waals surface area contributed by atoms with Crippen LogP contribution in [-0.4, -0.2) is 19.5 Å². The second-order valence-electron chi connectivity index (χ2n) is 16.0. The predicted octanol–water partition coefficient (Wildman–Crippen LogP) is 15.1. The van der Waals surface area contributed by atoms with E-state index in [0.29, 0.717) is 17.5 Å². The van der Waals surface area contributed by atoms with Gasteiger partial charge in [0.15, 0.2) is 17.5 Å². The number of nitrogens with zero attached hydrogens (tertiary/aromatic N) is 4. The minimum Gasteiger partial charge on any atom is -0.456 e. The first-order valence-electron chi connectivity index (χ1n) is 21.1. The Morgan fingerprint density at radius 3 is 1.40 bits per heavy atom. The fourth-order valence-corrected chi connectivity index (χ4v) is 9.27. The maximum atomic E-state index is 6.54. The predicted molar refractivity (Wildman–Crippen MR) is 256 cm³/mol. The van der Waals surface area contributed by atoms with Gasteiger partial charge in [-0.25, -0.2) is 15.0 Å². The highest BCUT2D eigenvalue weighted by molar-refractivity contribution is 6.15. The molecule has 0 aliphatic carbocycles. The number of hydrogen-bond acceptors (Lipinski definition) is 5. The van der Waals surface area contributed by atoms with E-state index < -0.39 is 0 Å². The normalized spacial score (nSPS) is 11.8. The van der Waals surface area contributed by atoms with Gasteiger partial charge in [-0.1, -0.05) is 133 Å². The Kier molecular flexibility index (Phi) is 7.80. The van der Waals surface area contributed by atoms with Crippen LogP contribution in [0.5, 0.6) is 0 Å². The topological polar surface area (TPSA) is 69.9 Å². The summed E-state index contributed by atoms with van der Waals surface area (Å²) < 4.78 is 15.1. The van der Waals surface area contributed by atoms with Crippen LogP contribution >= 0.6 is 0 Å². The zero-order valence-corrected chi connectivity index (χ0v) is 33.7. The molecule has 4 heterocycles. The minimum atomic E-state index is 0.590. The highest BCUT2D eigenvalue weighted by Crippen LogP contribution is 2.41. The number of para-hydroxylation sites is 2. The molecule has 0 amide bonds. The minimum absolute atomic E-state index is 0.590. The van der Waals surface area contributed by atoms with E-state index in [2.05, 4.69) is 126 Å². The molecule has 0 bridgehead atoms. The van der Waals surface area contributed by atoms with Gasteiger partial charge in [0.05, 0.1) is 11.0 Å². The van der Waals surface area contributed by atoms with Crippen molar-refractivity contribution in [2.45, 2.75) is 0 Å². The van der Waals surface area contributed by atoms with Crippen LogP contribution in [0.1, 0.15) is 0 Å². The van der Waals surface area contributed by atoms with Gasteiger partial charge in [-0.3, -0.25) is 0 Å². The van der Waals surface area contributed by atoms with Gasteiger partial charge in [-0.15, -0.1) is 0 Å². The summed E-state index contributed by atoms with van der Waals surface area (Å²) in [7, 11) is 0. The van der Waals surface area contributed by atoms with Crippen LogP contribution in [-0.2, 0) is 0 Å². The van der Waals surface area contributed by atoms with E-state index >= 15 is 0 Å². The summed E-state index contributed by atoms with van der Waals surface area (Å²) in [5.41, 5.74) is 14.0. The molecule has 0 unspecified atom stereocenters. The molecule has 4 aromatic heterocycles. The van der Waals surface area contributed by atoms with Crippen molar-refractivity contribution in [3.05, 3.63) is 206 Å². The maximum Gasteiger partial charge on any atom is 0.164 e. The molecule has 6 nitrogen and oxygen atoms in total. The molecule has 0 radical (unpaired) electrons. The fraction of sp³-hybridized carbons (Fsp3) is 0. The Bertz CT molecular complexity index is 3850. The van der Waals surface area contributed by atoms with Crippen molar-refractivity contribution >= 4 is 65.7 Å². The number of fused-ring (bicyclic) bond motifs is 9. The monoisotopic (exact) mass is 806 g/mol. The molecule has 13 aromatic rings. The van der Waals surface area contributed by atoms with Crippen LogP contribution in [0.4, 0.5) is 0 Å². The second kappa shape index (κ2) is 14.0. The first-order valence-corrected chi connectivity index (χ1v) is 21.1. The fourth-order valence-electron chi connectivity index (χ4n) is 9.27. The van der Waals surface area contributed by atoms with Crippen molar-refractivity contribution in [1.29, 1.82) is 0 Å². The van der Waals surface area contributed by atoms with E-state index in [1.807, 2.05) is 84.9 Å². The van der Waals surface area contributed by atoms with E-state index in [0.717, 1.165) is 99.5 Å². The molecule has 0 aliphatic heterocycles. The van der Waals surface area contributed by atoms with E-state index in [1.54, 1.807) is 0 Å². The van der Waals surface area contributed by atoms with E-state index in [-0.39, 0.29) is 0 Å². The Balaban J connectivity index is 0.984. The molecular weight excluding hydrogens is 773 g/mol. The Hall–Kier alpha value is -8.61. The van der Waals surface area contributed by atoms with Crippen LogP contribution in [0.3, 0.4) is 0 Å². The van der Waals surface area contributed by atoms with Crippen molar-refractivity contribution in [3.8, 4) is 62.1 Å². The number of aromatic nitrogens is 4. The van der Waals surface area contributed by atoms with Gasteiger partial charge >= 0.3 is 0 Å². The van der Waals surface area contributed by atoms with E-state index in [9.17, 15) is 0 Å². The summed E-state index contributed by atoms with van der Waals surface area (Å²) in [5, 5.41) is 6.56. The molecule has 0 aliphatic rings. The Labute approximate surface area is 361 Å². The summed E-state index contributed by atoms with van der Waals surface area (Å²) in [4.78, 5) is 15.1. The highest BCUT2D eigenvalue weighted by atomic mass is 16.3. The lowest BCUT2D eigenvalue weighted by Gasteiger charge is -2.09. The first-order chi connectivity index (χ1) is 31.2. The third-order valence-corrected chi connectivity index (χ3v) is 12.3. The van der Waals surface area contributed by atoms with Gasteiger partial charge < -0.3 is 13.4 Å². The van der Waals surface area contributed by atoms with Crippen molar-refractivity contribution in [1.82, 2.24) is 19.5 Å². The molecule has 294 valence electrons. The lowest BCUT2D eigenvalue weighted by molar-refractivity contribution is 0.668. The van der Waals surface area contributed by atoms with Gasteiger partial charge in [0.25, 0.3) is 0 Å². The molecule has 0 fully saturated rings. The van der Waals surface area contributed by atoms with Gasteiger partial charge in [0.1, 0.15) is 22.3 Å². The Morgan fingerprint density at radius 1 is 0.302 bits per heavy atom. The standard InChI is InChI=1S/C57H34N4O2/c1-4-13-35(14-5-1)55-58-56(36-15-6-2-7-16-36)60-57(59-55)43-20-12-22-53-54(43)47-34-40(26-30-52(47)63-53)38-24-28-49-45(32-38)44-31-37(23-27-48(44)61(49)41-17-8-3-9-18-41)39-25-29-51-46(33-39)42-19-10-11-21-50(42)62-51/h1-34H. The third-order valence-electron chi connectivity index (χ3n) is 12.3. The van der Waals surface area contributed by atoms with E-state index in [1.165, 1.54) is 10.8 Å².